The predicted octanol–water partition coefficient (Wildman–Crippen LogP) is 2.28. The van der Waals surface area contributed by atoms with Crippen molar-refractivity contribution in [2.75, 3.05) is 30.7 Å². The first-order chi connectivity index (χ1) is 14.4. The molecule has 1 atom stereocenters. The minimum atomic E-state index is -0.690. The van der Waals surface area contributed by atoms with Gasteiger partial charge in [0.15, 0.2) is 6.61 Å². The van der Waals surface area contributed by atoms with Gasteiger partial charge in [-0.3, -0.25) is 9.59 Å². The lowest BCUT2D eigenvalue weighted by Gasteiger charge is -2.42. The largest absolute Gasteiger partial charge is 0.490 e. The van der Waals surface area contributed by atoms with Crippen LogP contribution in [0.5, 0.6) is 11.5 Å². The summed E-state index contributed by atoms with van der Waals surface area (Å²) in [6.45, 7) is 2.57. The van der Waals surface area contributed by atoms with E-state index in [2.05, 4.69) is 5.32 Å². The summed E-state index contributed by atoms with van der Waals surface area (Å²) in [5.41, 5.74) is 7.12. The first-order valence-electron chi connectivity index (χ1n) is 9.48. The topological polar surface area (TPSA) is 118 Å². The SMILES string of the molecule is CC(Oc1ccc(C=N)c(N)c1)C1CN(C(=O)c2cc3c(cc2F)OCC(=O)N3)C1. The van der Waals surface area contributed by atoms with Crippen LogP contribution in [0.2, 0.25) is 0 Å². The van der Waals surface area contributed by atoms with Gasteiger partial charge in [0, 0.05) is 48.6 Å². The quantitative estimate of drug-likeness (QED) is 0.514. The number of halogens is 1. The first kappa shape index (κ1) is 19.7. The van der Waals surface area contributed by atoms with Gasteiger partial charge in [-0.15, -0.1) is 0 Å². The van der Waals surface area contributed by atoms with Gasteiger partial charge >= 0.3 is 0 Å². The molecule has 1 unspecified atom stereocenters. The number of hydrogen-bond acceptors (Lipinski definition) is 6. The highest BCUT2D eigenvalue weighted by molar-refractivity contribution is 6.00. The maximum atomic E-state index is 14.4. The zero-order valence-corrected chi connectivity index (χ0v) is 16.3. The van der Waals surface area contributed by atoms with Crippen molar-refractivity contribution in [1.82, 2.24) is 4.90 Å². The molecule has 156 valence electrons. The highest BCUT2D eigenvalue weighted by Crippen LogP contribution is 2.33. The van der Waals surface area contributed by atoms with Gasteiger partial charge in [-0.1, -0.05) is 0 Å². The Morgan fingerprint density at radius 1 is 1.40 bits per heavy atom. The van der Waals surface area contributed by atoms with Crippen molar-refractivity contribution in [3.63, 3.8) is 0 Å². The summed E-state index contributed by atoms with van der Waals surface area (Å²) < 4.78 is 25.5. The van der Waals surface area contributed by atoms with Crippen molar-refractivity contribution in [3.05, 3.63) is 47.3 Å². The van der Waals surface area contributed by atoms with Crippen LogP contribution in [0.4, 0.5) is 15.8 Å². The van der Waals surface area contributed by atoms with Gasteiger partial charge in [0.2, 0.25) is 0 Å². The molecule has 0 saturated carbocycles. The van der Waals surface area contributed by atoms with Crippen LogP contribution in [-0.2, 0) is 4.79 Å². The molecule has 2 aliphatic heterocycles. The number of nitrogens with zero attached hydrogens (tertiary/aromatic N) is 1. The summed E-state index contributed by atoms with van der Waals surface area (Å²) in [7, 11) is 0. The molecule has 4 N–H and O–H groups in total. The normalized spacial score (nSPS) is 16.6. The van der Waals surface area contributed by atoms with Gasteiger partial charge in [-0.25, -0.2) is 4.39 Å². The fourth-order valence-electron chi connectivity index (χ4n) is 3.48. The highest BCUT2D eigenvalue weighted by atomic mass is 19.1. The minimum absolute atomic E-state index is 0.0845. The summed E-state index contributed by atoms with van der Waals surface area (Å²) in [4.78, 5) is 25.7. The molecule has 2 amide bonds. The van der Waals surface area contributed by atoms with Gasteiger partial charge in [0.05, 0.1) is 11.3 Å². The number of benzene rings is 2. The zero-order chi connectivity index (χ0) is 21.4. The summed E-state index contributed by atoms with van der Waals surface area (Å²) in [5.74, 6) is -0.604. The van der Waals surface area contributed by atoms with E-state index in [0.29, 0.717) is 30.1 Å². The number of anilines is 2. The van der Waals surface area contributed by atoms with E-state index in [1.54, 1.807) is 18.2 Å². The molecule has 0 aromatic heterocycles. The van der Waals surface area contributed by atoms with Crippen LogP contribution in [0.15, 0.2) is 30.3 Å². The average Bonchev–Trinajstić information content (AvgIpc) is 2.66. The summed E-state index contributed by atoms with van der Waals surface area (Å²) in [6, 6.07) is 7.55. The second kappa shape index (κ2) is 7.66. The molecule has 2 aromatic carbocycles. The molecule has 2 aromatic rings. The molecular weight excluding hydrogens is 391 g/mol. The van der Waals surface area contributed by atoms with Crippen molar-refractivity contribution in [2.45, 2.75) is 13.0 Å². The number of ether oxygens (including phenoxy) is 2. The maximum Gasteiger partial charge on any atom is 0.262 e. The van der Waals surface area contributed by atoms with E-state index in [0.717, 1.165) is 6.07 Å². The van der Waals surface area contributed by atoms with Crippen molar-refractivity contribution in [3.8, 4) is 11.5 Å². The first-order valence-corrected chi connectivity index (χ1v) is 9.48. The van der Waals surface area contributed by atoms with Gasteiger partial charge in [0.25, 0.3) is 11.8 Å². The van der Waals surface area contributed by atoms with E-state index >= 15 is 0 Å². The van der Waals surface area contributed by atoms with Gasteiger partial charge < -0.3 is 30.8 Å². The molecule has 4 rings (SSSR count). The number of fused-ring (bicyclic) bond motifs is 1. The number of rotatable bonds is 5. The van der Waals surface area contributed by atoms with Gasteiger partial charge in [0.1, 0.15) is 23.4 Å². The smallest absolute Gasteiger partial charge is 0.262 e. The molecule has 30 heavy (non-hydrogen) atoms. The fourth-order valence-corrected chi connectivity index (χ4v) is 3.48. The third-order valence-electron chi connectivity index (χ3n) is 5.33. The lowest BCUT2D eigenvalue weighted by atomic mass is 9.93. The summed E-state index contributed by atoms with van der Waals surface area (Å²) >= 11 is 0. The molecule has 8 nitrogen and oxygen atoms in total. The van der Waals surface area contributed by atoms with E-state index in [9.17, 15) is 14.0 Å². The van der Waals surface area contributed by atoms with E-state index in [-0.39, 0.29) is 41.5 Å². The molecule has 0 aliphatic carbocycles. The molecule has 1 saturated heterocycles. The van der Waals surface area contributed by atoms with E-state index < -0.39 is 11.7 Å². The third-order valence-corrected chi connectivity index (χ3v) is 5.33. The summed E-state index contributed by atoms with van der Waals surface area (Å²) in [6.07, 6.45) is 0.996. The standard InChI is InChI=1S/C21H21FN4O4/c1-11(30-14-3-2-12(7-23)17(24)4-14)13-8-26(9-13)21(28)15-5-18-19(6-16(15)22)29-10-20(27)25-18/h2-7,11,13,23H,8-10,24H2,1H3,(H,25,27). The second-order valence-corrected chi connectivity index (χ2v) is 7.39. The Hall–Kier alpha value is -3.62. The van der Waals surface area contributed by atoms with E-state index in [1.807, 2.05) is 6.92 Å². The Balaban J connectivity index is 1.38. The average molecular weight is 412 g/mol. The highest BCUT2D eigenvalue weighted by Gasteiger charge is 2.37. The molecule has 9 heteroatoms. The van der Waals surface area contributed by atoms with Crippen LogP contribution in [0.1, 0.15) is 22.8 Å². The molecule has 0 radical (unpaired) electrons. The van der Waals surface area contributed by atoms with Crippen LogP contribution in [0, 0.1) is 17.1 Å². The number of nitrogen functional groups attached to an aromatic ring is 1. The minimum Gasteiger partial charge on any atom is -0.490 e. The number of nitrogens with one attached hydrogen (secondary N) is 2. The lowest BCUT2D eigenvalue weighted by Crippen LogP contribution is -2.55. The van der Waals surface area contributed by atoms with Crippen molar-refractivity contribution < 1.29 is 23.5 Å². The molecule has 1 fully saturated rings. The molecule has 0 bridgehead atoms. The Bertz CT molecular complexity index is 1040. The second-order valence-electron chi connectivity index (χ2n) is 7.39. The van der Waals surface area contributed by atoms with Crippen LogP contribution < -0.4 is 20.5 Å². The van der Waals surface area contributed by atoms with Gasteiger partial charge in [-0.2, -0.15) is 0 Å². The van der Waals surface area contributed by atoms with Crippen LogP contribution >= 0.6 is 0 Å². The Morgan fingerprint density at radius 2 is 2.17 bits per heavy atom. The number of carbonyl (C=O) groups excluding carboxylic acids is 2. The number of nitrogens with two attached hydrogens (primary N) is 1. The predicted molar refractivity (Wildman–Crippen MR) is 109 cm³/mol. The van der Waals surface area contributed by atoms with E-state index in [1.165, 1.54) is 17.2 Å². The van der Waals surface area contributed by atoms with Gasteiger partial charge in [-0.05, 0) is 25.1 Å². The number of likely N-dealkylation sites (tertiary alicyclic amines) is 1. The molecule has 2 aliphatic rings. The molecule has 2 heterocycles. The molecular formula is C21H21FN4O4. The third kappa shape index (κ3) is 3.66. The lowest BCUT2D eigenvalue weighted by molar-refractivity contribution is -0.118. The van der Waals surface area contributed by atoms with E-state index in [4.69, 9.17) is 20.6 Å². The van der Waals surface area contributed by atoms with Crippen LogP contribution in [-0.4, -0.2) is 48.7 Å². The Labute approximate surface area is 172 Å². The monoisotopic (exact) mass is 412 g/mol. The van der Waals surface area contributed by atoms with Crippen molar-refractivity contribution in [2.24, 2.45) is 5.92 Å². The number of hydrogen-bond donors (Lipinski definition) is 3. The molecule has 0 spiro atoms. The Morgan fingerprint density at radius 3 is 2.87 bits per heavy atom. The van der Waals surface area contributed by atoms with Crippen molar-refractivity contribution in [1.29, 1.82) is 5.41 Å². The number of carbonyl (C=O) groups is 2. The zero-order valence-electron chi connectivity index (χ0n) is 16.3. The Kier molecular flexibility index (Phi) is 5.03. The summed E-state index contributed by atoms with van der Waals surface area (Å²) in [5, 5.41) is 9.85. The van der Waals surface area contributed by atoms with Crippen LogP contribution in [0.25, 0.3) is 0 Å². The fraction of sp³-hybridized carbons (Fsp3) is 0.286. The number of amides is 2. The van der Waals surface area contributed by atoms with Crippen molar-refractivity contribution >= 4 is 29.4 Å². The maximum absolute atomic E-state index is 14.4. The van der Waals surface area contributed by atoms with Crippen LogP contribution in [0.3, 0.4) is 0 Å².